The number of halogens is 1. The minimum absolute atomic E-state index is 0.347. The van der Waals surface area contributed by atoms with Crippen LogP contribution in [0.3, 0.4) is 0 Å². The summed E-state index contributed by atoms with van der Waals surface area (Å²) < 4.78 is 0. The van der Waals surface area contributed by atoms with Crippen LogP contribution in [-0.4, -0.2) is 43.4 Å². The minimum atomic E-state index is -0.353. The molecule has 7 heteroatoms. The Kier molecular flexibility index (Phi) is 4.81. The molecule has 0 saturated carbocycles. The van der Waals surface area contributed by atoms with Crippen molar-refractivity contribution in [2.24, 2.45) is 4.99 Å². The molecular weight excluding hydrogens is 280 g/mol. The van der Waals surface area contributed by atoms with Crippen molar-refractivity contribution >= 4 is 29.0 Å². The molecule has 1 aliphatic rings. The molecule has 20 heavy (non-hydrogen) atoms. The summed E-state index contributed by atoms with van der Waals surface area (Å²) in [5, 5.41) is 0.347. The lowest BCUT2D eigenvalue weighted by Gasteiger charge is -2.13. The van der Waals surface area contributed by atoms with Gasteiger partial charge >= 0.3 is 0 Å². The van der Waals surface area contributed by atoms with Crippen LogP contribution in [0.4, 0.5) is 5.69 Å². The standard InChI is InChI=1S/C13H17ClN4O2/c1-18-6-5-16-12(18)4-7-20-17-13(19)9-2-3-11(15)10(14)8-9/h2-3,8H,4-7,15H2,1H3,(H,17,19). The quantitative estimate of drug-likeness (QED) is 0.488. The van der Waals surface area contributed by atoms with E-state index in [1.807, 2.05) is 7.05 Å². The largest absolute Gasteiger partial charge is 0.398 e. The van der Waals surface area contributed by atoms with E-state index in [1.54, 1.807) is 12.1 Å². The maximum atomic E-state index is 11.8. The second-order valence-electron chi connectivity index (χ2n) is 4.49. The number of rotatable bonds is 5. The number of hydrogen-bond donors (Lipinski definition) is 2. The van der Waals surface area contributed by atoms with Crippen molar-refractivity contribution in [2.75, 3.05) is 32.5 Å². The molecule has 0 saturated heterocycles. The minimum Gasteiger partial charge on any atom is -0.398 e. The molecule has 0 bridgehead atoms. The maximum absolute atomic E-state index is 11.8. The number of carbonyl (C=O) groups is 1. The average molecular weight is 297 g/mol. The molecule has 0 aromatic heterocycles. The van der Waals surface area contributed by atoms with Crippen LogP contribution < -0.4 is 11.2 Å². The SMILES string of the molecule is CN1CCN=C1CCONC(=O)c1ccc(N)c(Cl)c1. The molecule has 0 aliphatic carbocycles. The Balaban J connectivity index is 1.76. The molecule has 1 aromatic carbocycles. The Labute approximate surface area is 122 Å². The summed E-state index contributed by atoms with van der Waals surface area (Å²) in [6, 6.07) is 4.68. The van der Waals surface area contributed by atoms with Crippen LogP contribution in [0.15, 0.2) is 23.2 Å². The van der Waals surface area contributed by atoms with E-state index < -0.39 is 0 Å². The van der Waals surface area contributed by atoms with Crippen LogP contribution in [0.1, 0.15) is 16.8 Å². The molecule has 0 atom stereocenters. The zero-order chi connectivity index (χ0) is 14.5. The van der Waals surface area contributed by atoms with Crippen LogP contribution in [0, 0.1) is 0 Å². The number of anilines is 1. The van der Waals surface area contributed by atoms with Crippen LogP contribution in [0.5, 0.6) is 0 Å². The number of likely N-dealkylation sites (N-methyl/N-ethyl adjacent to an activating group) is 1. The molecule has 0 spiro atoms. The van der Waals surface area contributed by atoms with E-state index in [-0.39, 0.29) is 5.91 Å². The number of amidine groups is 1. The van der Waals surface area contributed by atoms with Crippen molar-refractivity contribution in [3.05, 3.63) is 28.8 Å². The topological polar surface area (TPSA) is 80.0 Å². The molecule has 108 valence electrons. The predicted molar refractivity (Wildman–Crippen MR) is 78.8 cm³/mol. The lowest BCUT2D eigenvalue weighted by molar-refractivity contribution is 0.0335. The third-order valence-electron chi connectivity index (χ3n) is 3.03. The van der Waals surface area contributed by atoms with Crippen molar-refractivity contribution in [3.63, 3.8) is 0 Å². The zero-order valence-electron chi connectivity index (χ0n) is 11.2. The van der Waals surface area contributed by atoms with Crippen LogP contribution in [-0.2, 0) is 4.84 Å². The molecule has 0 unspecified atom stereocenters. The molecule has 0 radical (unpaired) electrons. The first-order chi connectivity index (χ1) is 9.58. The van der Waals surface area contributed by atoms with Gasteiger partial charge in [0.15, 0.2) is 0 Å². The normalized spacial score (nSPS) is 14.3. The highest BCUT2D eigenvalue weighted by molar-refractivity contribution is 6.33. The van der Waals surface area contributed by atoms with E-state index in [0.717, 1.165) is 18.9 Å². The first-order valence-electron chi connectivity index (χ1n) is 6.29. The Morgan fingerprint density at radius 3 is 3.05 bits per heavy atom. The van der Waals surface area contributed by atoms with E-state index >= 15 is 0 Å². The smallest absolute Gasteiger partial charge is 0.274 e. The second kappa shape index (κ2) is 6.58. The molecule has 0 fully saturated rings. The van der Waals surface area contributed by atoms with E-state index in [1.165, 1.54) is 6.07 Å². The monoisotopic (exact) mass is 296 g/mol. The zero-order valence-corrected chi connectivity index (χ0v) is 12.0. The highest BCUT2D eigenvalue weighted by atomic mass is 35.5. The molecule has 1 heterocycles. The van der Waals surface area contributed by atoms with Crippen molar-refractivity contribution in [3.8, 4) is 0 Å². The van der Waals surface area contributed by atoms with E-state index in [2.05, 4.69) is 15.4 Å². The number of hydroxylamine groups is 1. The molecule has 1 amide bonds. The van der Waals surface area contributed by atoms with Gasteiger partial charge in [-0.3, -0.25) is 14.6 Å². The number of nitrogen functional groups attached to an aromatic ring is 1. The molecular formula is C13H17ClN4O2. The van der Waals surface area contributed by atoms with Gasteiger partial charge in [0, 0.05) is 25.6 Å². The molecule has 6 nitrogen and oxygen atoms in total. The van der Waals surface area contributed by atoms with E-state index in [9.17, 15) is 4.79 Å². The fourth-order valence-electron chi connectivity index (χ4n) is 1.83. The summed E-state index contributed by atoms with van der Waals surface area (Å²) in [7, 11) is 1.99. The number of amides is 1. The number of benzene rings is 1. The van der Waals surface area contributed by atoms with E-state index in [4.69, 9.17) is 22.2 Å². The number of nitrogens with zero attached hydrogens (tertiary/aromatic N) is 2. The predicted octanol–water partition coefficient (Wildman–Crippen LogP) is 1.32. The fourth-order valence-corrected chi connectivity index (χ4v) is 2.02. The van der Waals surface area contributed by atoms with Crippen LogP contribution in [0.25, 0.3) is 0 Å². The number of hydrogen-bond acceptors (Lipinski definition) is 5. The highest BCUT2D eigenvalue weighted by Gasteiger charge is 2.12. The van der Waals surface area contributed by atoms with E-state index in [0.29, 0.717) is 29.3 Å². The molecule has 2 rings (SSSR count). The summed E-state index contributed by atoms with van der Waals surface area (Å²) >= 11 is 5.85. The van der Waals surface area contributed by atoms with Gasteiger partial charge in [0.1, 0.15) is 5.84 Å². The molecule has 3 N–H and O–H groups in total. The van der Waals surface area contributed by atoms with Gasteiger partial charge in [-0.05, 0) is 18.2 Å². The van der Waals surface area contributed by atoms with Crippen molar-refractivity contribution in [1.82, 2.24) is 10.4 Å². The number of nitrogens with two attached hydrogens (primary N) is 1. The van der Waals surface area contributed by atoms with Gasteiger partial charge in [-0.2, -0.15) is 0 Å². The van der Waals surface area contributed by atoms with Crippen LogP contribution in [0.2, 0.25) is 5.02 Å². The number of aliphatic imine (C=N–C) groups is 1. The third-order valence-corrected chi connectivity index (χ3v) is 3.35. The van der Waals surface area contributed by atoms with Gasteiger partial charge in [0.05, 0.1) is 23.9 Å². The first-order valence-corrected chi connectivity index (χ1v) is 6.67. The Bertz CT molecular complexity index is 533. The summed E-state index contributed by atoms with van der Waals surface area (Å²) in [6.07, 6.45) is 0.666. The summed E-state index contributed by atoms with van der Waals surface area (Å²) in [6.45, 7) is 2.13. The van der Waals surface area contributed by atoms with Crippen molar-refractivity contribution < 1.29 is 9.63 Å². The Morgan fingerprint density at radius 1 is 1.60 bits per heavy atom. The third kappa shape index (κ3) is 3.61. The van der Waals surface area contributed by atoms with Crippen LogP contribution >= 0.6 is 11.6 Å². The highest BCUT2D eigenvalue weighted by Crippen LogP contribution is 2.19. The Morgan fingerprint density at radius 2 is 2.40 bits per heavy atom. The summed E-state index contributed by atoms with van der Waals surface area (Å²) in [4.78, 5) is 23.3. The van der Waals surface area contributed by atoms with Crippen molar-refractivity contribution in [1.29, 1.82) is 0 Å². The summed E-state index contributed by atoms with van der Waals surface area (Å²) in [5.74, 6) is 0.642. The lowest BCUT2D eigenvalue weighted by Crippen LogP contribution is -2.28. The Hall–Kier alpha value is -1.79. The summed E-state index contributed by atoms with van der Waals surface area (Å²) in [5.41, 5.74) is 8.79. The molecule has 1 aliphatic heterocycles. The van der Waals surface area contributed by atoms with Gasteiger partial charge in [-0.15, -0.1) is 0 Å². The maximum Gasteiger partial charge on any atom is 0.274 e. The van der Waals surface area contributed by atoms with Gasteiger partial charge in [-0.25, -0.2) is 5.48 Å². The number of carbonyl (C=O) groups excluding carboxylic acids is 1. The van der Waals surface area contributed by atoms with Crippen molar-refractivity contribution in [2.45, 2.75) is 6.42 Å². The van der Waals surface area contributed by atoms with Gasteiger partial charge in [-0.1, -0.05) is 11.6 Å². The molecule has 1 aromatic rings. The fraction of sp³-hybridized carbons (Fsp3) is 0.385. The lowest BCUT2D eigenvalue weighted by atomic mass is 10.2. The van der Waals surface area contributed by atoms with Gasteiger partial charge < -0.3 is 10.6 Å². The second-order valence-corrected chi connectivity index (χ2v) is 4.89. The van der Waals surface area contributed by atoms with Gasteiger partial charge in [0.2, 0.25) is 0 Å². The average Bonchev–Trinajstić information content (AvgIpc) is 2.83. The first kappa shape index (κ1) is 14.6. The van der Waals surface area contributed by atoms with Gasteiger partial charge in [0.25, 0.3) is 5.91 Å². The number of nitrogens with one attached hydrogen (secondary N) is 1.